The van der Waals surface area contributed by atoms with Crippen molar-refractivity contribution in [2.24, 2.45) is 0 Å². The largest absolute Gasteiger partial charge is 0.317 e. The summed E-state index contributed by atoms with van der Waals surface area (Å²) < 4.78 is 1.17. The molecule has 0 amide bonds. The molecule has 0 aromatic heterocycles. The molecular weight excluding hydrogens is 253 g/mol. The molecule has 2 nitrogen and oxygen atoms in total. The van der Waals surface area contributed by atoms with E-state index in [-0.39, 0.29) is 5.78 Å². The molecule has 0 aliphatic heterocycles. The summed E-state index contributed by atoms with van der Waals surface area (Å²) >= 11 is 2.36. The Morgan fingerprint density at radius 2 is 2.27 bits per heavy atom. The van der Waals surface area contributed by atoms with Crippen molar-refractivity contribution < 1.29 is 4.79 Å². The number of rotatable bonds is 6. The fourth-order valence-corrected chi connectivity index (χ4v) is 1.46. The molecule has 1 atom stereocenters. The van der Waals surface area contributed by atoms with Gasteiger partial charge in [0.15, 0.2) is 0 Å². The Bertz CT molecular complexity index is 117. The molecule has 0 spiro atoms. The highest BCUT2D eigenvalue weighted by Gasteiger charge is 2.07. The number of hydrogen-bond donors (Lipinski definition) is 1. The first-order valence-electron chi connectivity index (χ1n) is 3.93. The Morgan fingerprint density at radius 3 is 2.64 bits per heavy atom. The summed E-state index contributed by atoms with van der Waals surface area (Å²) in [4.78, 5) is 10.7. The minimum atomic E-state index is 0.276. The lowest BCUT2D eigenvalue weighted by Crippen LogP contribution is -2.27. The fraction of sp³-hybridized carbons (Fsp3) is 0.875. The van der Waals surface area contributed by atoms with Crippen molar-refractivity contribution in [1.29, 1.82) is 0 Å². The number of alkyl halides is 1. The zero-order valence-electron chi connectivity index (χ0n) is 7.19. The van der Waals surface area contributed by atoms with Gasteiger partial charge in [-0.3, -0.25) is 4.79 Å². The minimum absolute atomic E-state index is 0.276. The van der Waals surface area contributed by atoms with Gasteiger partial charge in [-0.15, -0.1) is 0 Å². The van der Waals surface area contributed by atoms with E-state index < -0.39 is 0 Å². The van der Waals surface area contributed by atoms with Crippen molar-refractivity contribution in [3.8, 4) is 0 Å². The normalized spacial score (nSPS) is 13.0. The highest BCUT2D eigenvalue weighted by molar-refractivity contribution is 14.1. The van der Waals surface area contributed by atoms with Crippen LogP contribution < -0.4 is 5.32 Å². The van der Waals surface area contributed by atoms with Gasteiger partial charge in [-0.2, -0.15) is 0 Å². The lowest BCUT2D eigenvalue weighted by atomic mass is 10.1. The first-order valence-corrected chi connectivity index (χ1v) is 5.46. The lowest BCUT2D eigenvalue weighted by molar-refractivity contribution is -0.117. The summed E-state index contributed by atoms with van der Waals surface area (Å²) in [7, 11) is 1.92. The molecule has 0 radical (unpaired) electrons. The average molecular weight is 269 g/mol. The van der Waals surface area contributed by atoms with Gasteiger partial charge in [0.2, 0.25) is 0 Å². The monoisotopic (exact) mass is 269 g/mol. The van der Waals surface area contributed by atoms with Crippen molar-refractivity contribution in [1.82, 2.24) is 5.32 Å². The maximum Gasteiger partial charge on any atom is 0.131 e. The Balaban J connectivity index is 3.49. The van der Waals surface area contributed by atoms with E-state index in [1.807, 2.05) is 7.05 Å². The zero-order valence-corrected chi connectivity index (χ0v) is 9.35. The van der Waals surface area contributed by atoms with E-state index in [0.717, 1.165) is 6.42 Å². The number of hydrogen-bond acceptors (Lipinski definition) is 2. The Labute approximate surface area is 82.3 Å². The van der Waals surface area contributed by atoms with Crippen LogP contribution in [-0.2, 0) is 4.79 Å². The van der Waals surface area contributed by atoms with Gasteiger partial charge in [0.05, 0.1) is 0 Å². The van der Waals surface area contributed by atoms with E-state index in [1.165, 1.54) is 10.8 Å². The number of nitrogens with one attached hydrogen (secondary N) is 1. The first-order chi connectivity index (χ1) is 5.20. The van der Waals surface area contributed by atoms with Crippen LogP contribution in [-0.4, -0.2) is 23.3 Å². The van der Waals surface area contributed by atoms with Crippen molar-refractivity contribution in [2.45, 2.75) is 32.2 Å². The molecule has 1 N–H and O–H groups in total. The lowest BCUT2D eigenvalue weighted by Gasteiger charge is -2.12. The third-order valence-electron chi connectivity index (χ3n) is 1.63. The van der Waals surface area contributed by atoms with Gasteiger partial charge in [0.25, 0.3) is 0 Å². The summed E-state index contributed by atoms with van der Waals surface area (Å²) in [6.45, 7) is 1.65. The fourth-order valence-electron chi connectivity index (χ4n) is 1.02. The van der Waals surface area contributed by atoms with E-state index in [0.29, 0.717) is 12.5 Å². The number of Topliss-reactive ketones (excluding diaryl/α,β-unsaturated/α-hetero) is 1. The molecule has 0 aliphatic rings. The molecule has 0 aliphatic carbocycles. The van der Waals surface area contributed by atoms with Crippen molar-refractivity contribution in [2.75, 3.05) is 11.5 Å². The summed E-state index contributed by atoms with van der Waals surface area (Å²) in [5.74, 6) is 0.276. The summed E-state index contributed by atoms with van der Waals surface area (Å²) in [6, 6.07) is 0.391. The van der Waals surface area contributed by atoms with Gasteiger partial charge < -0.3 is 5.32 Å². The van der Waals surface area contributed by atoms with Crippen LogP contribution >= 0.6 is 22.6 Å². The van der Waals surface area contributed by atoms with Crippen LogP contribution in [0.2, 0.25) is 0 Å². The van der Waals surface area contributed by atoms with Crippen LogP contribution in [0.1, 0.15) is 26.2 Å². The predicted molar refractivity (Wildman–Crippen MR) is 56.3 cm³/mol. The summed E-state index contributed by atoms with van der Waals surface area (Å²) in [5, 5.41) is 3.14. The van der Waals surface area contributed by atoms with Crippen LogP contribution in [0.4, 0.5) is 0 Å². The van der Waals surface area contributed by atoms with E-state index in [2.05, 4.69) is 27.9 Å². The molecule has 3 heteroatoms. The second-order valence-electron chi connectivity index (χ2n) is 2.72. The van der Waals surface area contributed by atoms with E-state index in [1.54, 1.807) is 6.92 Å². The second-order valence-corrected chi connectivity index (χ2v) is 3.80. The maximum atomic E-state index is 10.7. The first kappa shape index (κ1) is 11.4. The molecule has 0 bridgehead atoms. The van der Waals surface area contributed by atoms with E-state index in [4.69, 9.17) is 0 Å². The predicted octanol–water partition coefficient (Wildman–Crippen LogP) is 1.77. The molecule has 0 aromatic rings. The number of ketones is 1. The van der Waals surface area contributed by atoms with E-state index >= 15 is 0 Å². The van der Waals surface area contributed by atoms with Gasteiger partial charge in [-0.05, 0) is 31.2 Å². The molecule has 0 saturated heterocycles. The third kappa shape index (κ3) is 6.75. The highest BCUT2D eigenvalue weighted by Crippen LogP contribution is 2.03. The molecule has 0 saturated carbocycles. The topological polar surface area (TPSA) is 29.1 Å². The smallest absolute Gasteiger partial charge is 0.131 e. The number of carbonyl (C=O) groups excluding carboxylic acids is 1. The van der Waals surface area contributed by atoms with Crippen LogP contribution in [0.3, 0.4) is 0 Å². The van der Waals surface area contributed by atoms with Gasteiger partial charge in [-0.1, -0.05) is 22.6 Å². The minimum Gasteiger partial charge on any atom is -0.317 e. The van der Waals surface area contributed by atoms with Crippen molar-refractivity contribution in [3.63, 3.8) is 0 Å². The summed E-state index contributed by atoms with van der Waals surface area (Å²) in [6.07, 6.45) is 2.98. The molecule has 0 unspecified atom stereocenters. The number of halogens is 1. The van der Waals surface area contributed by atoms with Gasteiger partial charge in [0.1, 0.15) is 5.78 Å². The SMILES string of the molecule is CN[C@@H](CCCI)CC(C)=O. The molecule has 0 aromatic carbocycles. The van der Waals surface area contributed by atoms with Crippen molar-refractivity contribution >= 4 is 28.4 Å². The van der Waals surface area contributed by atoms with Gasteiger partial charge in [-0.25, -0.2) is 0 Å². The van der Waals surface area contributed by atoms with Crippen molar-refractivity contribution in [3.05, 3.63) is 0 Å². The summed E-state index contributed by atoms with van der Waals surface area (Å²) in [5.41, 5.74) is 0. The molecule has 0 heterocycles. The third-order valence-corrected chi connectivity index (χ3v) is 2.39. The van der Waals surface area contributed by atoms with E-state index in [9.17, 15) is 4.79 Å². The standard InChI is InChI=1S/C8H16INO/c1-7(11)6-8(10-2)4-3-5-9/h8,10H,3-6H2,1-2H3/t8-/m0/s1. The van der Waals surface area contributed by atoms with Crippen LogP contribution in [0.5, 0.6) is 0 Å². The molecule has 11 heavy (non-hydrogen) atoms. The maximum absolute atomic E-state index is 10.7. The Kier molecular flexibility index (Phi) is 7.26. The average Bonchev–Trinajstić information content (AvgIpc) is 1.97. The van der Waals surface area contributed by atoms with Crippen LogP contribution in [0.15, 0.2) is 0 Å². The highest BCUT2D eigenvalue weighted by atomic mass is 127. The Hall–Kier alpha value is 0.360. The molecule has 0 fully saturated rings. The quantitative estimate of drug-likeness (QED) is 0.588. The molecule has 66 valence electrons. The Morgan fingerprint density at radius 1 is 1.64 bits per heavy atom. The second kappa shape index (κ2) is 7.03. The van der Waals surface area contributed by atoms with Crippen LogP contribution in [0, 0.1) is 0 Å². The van der Waals surface area contributed by atoms with Gasteiger partial charge in [0, 0.05) is 12.5 Å². The zero-order chi connectivity index (χ0) is 8.69. The molecule has 0 rings (SSSR count). The van der Waals surface area contributed by atoms with Gasteiger partial charge >= 0.3 is 0 Å². The number of carbonyl (C=O) groups is 1. The molecular formula is C8H16INO. The van der Waals surface area contributed by atoms with Crippen LogP contribution in [0.25, 0.3) is 0 Å².